The Bertz CT molecular complexity index is 868. The fraction of sp³-hybridized carbons (Fsp3) is 0.500. The Morgan fingerprint density at radius 2 is 1.81 bits per heavy atom. The molecule has 2 aliphatic heterocycles. The lowest BCUT2D eigenvalue weighted by Gasteiger charge is -2.34. The fourth-order valence-corrected chi connectivity index (χ4v) is 4.40. The normalized spacial score (nSPS) is 20.0. The molecule has 5 nitrogen and oxygen atoms in total. The van der Waals surface area contributed by atoms with Crippen LogP contribution >= 0.6 is 0 Å². The van der Waals surface area contributed by atoms with Gasteiger partial charge >= 0.3 is 0 Å². The van der Waals surface area contributed by atoms with E-state index in [0.717, 1.165) is 61.9 Å². The summed E-state index contributed by atoms with van der Waals surface area (Å²) in [6.45, 7) is 4.67. The van der Waals surface area contributed by atoms with Crippen LogP contribution in [0.4, 0.5) is 11.5 Å². The van der Waals surface area contributed by atoms with E-state index in [9.17, 15) is 4.79 Å². The molecule has 3 heterocycles. The van der Waals surface area contributed by atoms with Gasteiger partial charge in [0, 0.05) is 48.9 Å². The van der Waals surface area contributed by atoms with Gasteiger partial charge in [-0.3, -0.25) is 4.79 Å². The first-order valence-corrected chi connectivity index (χ1v) is 10.2. The Morgan fingerprint density at radius 1 is 1.04 bits per heavy atom. The Morgan fingerprint density at radius 3 is 2.59 bits per heavy atom. The summed E-state index contributed by atoms with van der Waals surface area (Å²) in [7, 11) is 0. The van der Waals surface area contributed by atoms with Gasteiger partial charge in [0.2, 0.25) is 5.91 Å². The zero-order valence-corrected chi connectivity index (χ0v) is 15.9. The molecule has 27 heavy (non-hydrogen) atoms. The van der Waals surface area contributed by atoms with Crippen LogP contribution in [0.2, 0.25) is 0 Å². The van der Waals surface area contributed by atoms with Crippen molar-refractivity contribution in [3.8, 4) is 0 Å². The van der Waals surface area contributed by atoms with Crippen LogP contribution in [0.3, 0.4) is 0 Å². The quantitative estimate of drug-likeness (QED) is 0.839. The monoisotopic (exact) mass is 362 g/mol. The van der Waals surface area contributed by atoms with Gasteiger partial charge in [0.05, 0.1) is 0 Å². The summed E-state index contributed by atoms with van der Waals surface area (Å²) in [6, 6.07) is 10.4. The van der Waals surface area contributed by atoms with Gasteiger partial charge < -0.3 is 9.80 Å². The summed E-state index contributed by atoms with van der Waals surface area (Å²) in [5, 5.41) is 0. The maximum atomic E-state index is 13.1. The van der Waals surface area contributed by atoms with Gasteiger partial charge in [0.15, 0.2) is 0 Å². The number of carbonyl (C=O) groups excluding carboxylic acids is 1. The van der Waals surface area contributed by atoms with Crippen molar-refractivity contribution in [2.45, 2.75) is 44.9 Å². The number of anilines is 2. The number of aromatic nitrogens is 2. The maximum absolute atomic E-state index is 13.1. The third-order valence-corrected chi connectivity index (χ3v) is 6.12. The third-order valence-electron chi connectivity index (χ3n) is 6.12. The number of rotatable bonds is 3. The van der Waals surface area contributed by atoms with Crippen molar-refractivity contribution in [2.24, 2.45) is 5.92 Å². The molecule has 1 aromatic carbocycles. The largest absolute Gasteiger partial charge is 0.356 e. The average molecular weight is 362 g/mol. The predicted octanol–water partition coefficient (Wildman–Crippen LogP) is 3.47. The lowest BCUT2D eigenvalue weighted by atomic mass is 9.95. The van der Waals surface area contributed by atoms with E-state index in [-0.39, 0.29) is 5.92 Å². The summed E-state index contributed by atoms with van der Waals surface area (Å²) >= 11 is 0. The van der Waals surface area contributed by atoms with Crippen molar-refractivity contribution >= 4 is 17.4 Å². The molecule has 5 heteroatoms. The van der Waals surface area contributed by atoms with Crippen molar-refractivity contribution in [2.75, 3.05) is 29.4 Å². The highest BCUT2D eigenvalue weighted by molar-refractivity contribution is 5.97. The third kappa shape index (κ3) is 3.20. The van der Waals surface area contributed by atoms with Crippen molar-refractivity contribution < 1.29 is 4.79 Å². The van der Waals surface area contributed by atoms with E-state index >= 15 is 0 Å². The first kappa shape index (κ1) is 16.7. The number of hydrogen-bond donors (Lipinski definition) is 0. The lowest BCUT2D eigenvalue weighted by molar-refractivity contribution is -0.122. The zero-order valence-electron chi connectivity index (χ0n) is 15.9. The molecule has 2 fully saturated rings. The van der Waals surface area contributed by atoms with E-state index in [1.807, 2.05) is 11.0 Å². The van der Waals surface area contributed by atoms with Crippen molar-refractivity contribution in [3.05, 3.63) is 47.4 Å². The second-order valence-corrected chi connectivity index (χ2v) is 8.13. The molecule has 2 aromatic rings. The Hall–Kier alpha value is -2.43. The van der Waals surface area contributed by atoms with E-state index in [4.69, 9.17) is 4.98 Å². The van der Waals surface area contributed by atoms with Gasteiger partial charge in [0.1, 0.15) is 11.6 Å². The topological polar surface area (TPSA) is 49.3 Å². The van der Waals surface area contributed by atoms with Crippen LogP contribution in [-0.4, -0.2) is 35.5 Å². The molecule has 5 rings (SSSR count). The second-order valence-electron chi connectivity index (χ2n) is 8.13. The summed E-state index contributed by atoms with van der Waals surface area (Å²) in [5.74, 6) is 3.05. The SMILES string of the molecule is Cc1cc(N2CCC(C(=O)N3CCc4ccccc43)CC2)nc(C2CC2)n1. The molecule has 1 saturated heterocycles. The number of hydrogen-bond acceptors (Lipinski definition) is 4. The van der Waals surface area contributed by atoms with Gasteiger partial charge in [0.25, 0.3) is 0 Å². The number of para-hydroxylation sites is 1. The van der Waals surface area contributed by atoms with E-state index in [1.54, 1.807) is 0 Å². The molecule has 1 saturated carbocycles. The highest BCUT2D eigenvalue weighted by Gasteiger charge is 2.33. The summed E-state index contributed by atoms with van der Waals surface area (Å²) < 4.78 is 0. The van der Waals surface area contributed by atoms with Gasteiger partial charge in [-0.15, -0.1) is 0 Å². The minimum Gasteiger partial charge on any atom is -0.356 e. The van der Waals surface area contributed by atoms with Crippen molar-refractivity contribution in [1.29, 1.82) is 0 Å². The van der Waals surface area contributed by atoms with Crippen molar-refractivity contribution in [3.63, 3.8) is 0 Å². The molecule has 0 atom stereocenters. The minimum absolute atomic E-state index is 0.123. The first-order valence-electron chi connectivity index (χ1n) is 10.2. The summed E-state index contributed by atoms with van der Waals surface area (Å²) in [4.78, 5) is 26.9. The van der Waals surface area contributed by atoms with Gasteiger partial charge in [-0.2, -0.15) is 0 Å². The number of nitrogens with zero attached hydrogens (tertiary/aromatic N) is 4. The summed E-state index contributed by atoms with van der Waals surface area (Å²) in [6.07, 6.45) is 5.22. The lowest BCUT2D eigenvalue weighted by Crippen LogP contribution is -2.42. The van der Waals surface area contributed by atoms with Gasteiger partial charge in [-0.25, -0.2) is 9.97 Å². The molecule has 0 N–H and O–H groups in total. The fourth-order valence-electron chi connectivity index (χ4n) is 4.40. The predicted molar refractivity (Wildman–Crippen MR) is 106 cm³/mol. The Kier molecular flexibility index (Phi) is 4.10. The molecule has 1 aromatic heterocycles. The first-order chi connectivity index (χ1) is 13.2. The molecule has 1 aliphatic carbocycles. The molecular weight excluding hydrogens is 336 g/mol. The minimum atomic E-state index is 0.123. The average Bonchev–Trinajstić information content (AvgIpc) is 3.46. The Labute approximate surface area is 160 Å². The highest BCUT2D eigenvalue weighted by atomic mass is 16.2. The number of aryl methyl sites for hydroxylation is 1. The summed E-state index contributed by atoms with van der Waals surface area (Å²) in [5.41, 5.74) is 3.46. The maximum Gasteiger partial charge on any atom is 0.230 e. The zero-order chi connectivity index (χ0) is 18.4. The van der Waals surface area contributed by atoms with Crippen molar-refractivity contribution in [1.82, 2.24) is 9.97 Å². The van der Waals surface area contributed by atoms with Crippen LogP contribution < -0.4 is 9.80 Å². The second kappa shape index (κ2) is 6.63. The van der Waals surface area contributed by atoms with Crippen LogP contribution in [0.1, 0.15) is 48.7 Å². The molecule has 0 spiro atoms. The molecule has 0 radical (unpaired) electrons. The number of carbonyl (C=O) groups is 1. The van der Waals surface area contributed by atoms with Gasteiger partial charge in [-0.1, -0.05) is 18.2 Å². The van der Waals surface area contributed by atoms with E-state index in [2.05, 4.69) is 41.1 Å². The van der Waals surface area contributed by atoms with E-state index in [1.165, 1.54) is 18.4 Å². The smallest absolute Gasteiger partial charge is 0.230 e. The standard InChI is InChI=1S/C22H26N4O/c1-15-14-20(24-21(23-15)17-6-7-17)25-11-8-18(9-12-25)22(27)26-13-10-16-4-2-3-5-19(16)26/h2-5,14,17-18H,6-13H2,1H3. The van der Waals surface area contributed by atoms with Crippen LogP contribution in [-0.2, 0) is 11.2 Å². The number of piperidine rings is 1. The van der Waals surface area contributed by atoms with Crippen LogP contribution in [0.25, 0.3) is 0 Å². The van der Waals surface area contributed by atoms with Crippen LogP contribution in [0.5, 0.6) is 0 Å². The molecule has 1 amide bonds. The molecular formula is C22H26N4O. The molecule has 3 aliphatic rings. The molecule has 0 bridgehead atoms. The number of benzene rings is 1. The van der Waals surface area contributed by atoms with E-state index in [0.29, 0.717) is 11.8 Å². The van der Waals surface area contributed by atoms with Gasteiger partial charge in [-0.05, 0) is 50.7 Å². The van der Waals surface area contributed by atoms with E-state index < -0.39 is 0 Å². The molecule has 0 unspecified atom stereocenters. The highest BCUT2D eigenvalue weighted by Crippen LogP contribution is 2.39. The van der Waals surface area contributed by atoms with Crippen LogP contribution in [0, 0.1) is 12.8 Å². The molecule has 140 valence electrons. The number of amides is 1. The Balaban J connectivity index is 1.26. The van der Waals surface area contributed by atoms with Crippen LogP contribution in [0.15, 0.2) is 30.3 Å². The number of fused-ring (bicyclic) bond motifs is 1.